The Balaban J connectivity index is 2.24. The van der Waals surface area contributed by atoms with Gasteiger partial charge in [0.1, 0.15) is 6.17 Å². The van der Waals surface area contributed by atoms with Crippen LogP contribution in [0.4, 0.5) is 4.39 Å². The van der Waals surface area contributed by atoms with Crippen molar-refractivity contribution in [1.82, 2.24) is 0 Å². The van der Waals surface area contributed by atoms with E-state index >= 15 is 0 Å². The summed E-state index contributed by atoms with van der Waals surface area (Å²) in [7, 11) is 0. The second kappa shape index (κ2) is 2.99. The summed E-state index contributed by atoms with van der Waals surface area (Å²) in [4.78, 5) is 10.1. The van der Waals surface area contributed by atoms with Gasteiger partial charge in [0.15, 0.2) is 0 Å². The molecule has 0 bridgehead atoms. The lowest BCUT2D eigenvalue weighted by Gasteiger charge is -2.02. The fourth-order valence-electron chi connectivity index (χ4n) is 1.45. The Morgan fingerprint density at radius 1 is 1.60 bits per heavy atom. The average molecular weight is 146 g/mol. The van der Waals surface area contributed by atoms with E-state index in [1.54, 1.807) is 0 Å². The number of carboxylic acids is 1. The van der Waals surface area contributed by atoms with Gasteiger partial charge in [0, 0.05) is 6.42 Å². The molecule has 0 aromatic rings. The maximum atomic E-state index is 12.4. The molecule has 1 fully saturated rings. The van der Waals surface area contributed by atoms with Crippen LogP contribution in [0.25, 0.3) is 0 Å². The molecule has 1 aliphatic carbocycles. The SMILES string of the molecule is O=C(O)C[C@@H]1CC[C@@H](F)C1. The number of halogens is 1. The fourth-order valence-corrected chi connectivity index (χ4v) is 1.45. The summed E-state index contributed by atoms with van der Waals surface area (Å²) in [6.45, 7) is 0. The van der Waals surface area contributed by atoms with Gasteiger partial charge in [-0.3, -0.25) is 4.79 Å². The molecule has 1 rings (SSSR count). The zero-order chi connectivity index (χ0) is 7.56. The highest BCUT2D eigenvalue weighted by Gasteiger charge is 2.25. The summed E-state index contributed by atoms with van der Waals surface area (Å²) >= 11 is 0. The van der Waals surface area contributed by atoms with Crippen LogP contribution in [-0.2, 0) is 4.79 Å². The summed E-state index contributed by atoms with van der Waals surface area (Å²) < 4.78 is 12.4. The number of rotatable bonds is 2. The Bertz CT molecular complexity index is 136. The molecule has 1 aliphatic rings. The number of carbonyl (C=O) groups is 1. The van der Waals surface area contributed by atoms with Crippen molar-refractivity contribution in [3.8, 4) is 0 Å². The molecule has 0 aromatic heterocycles. The van der Waals surface area contributed by atoms with Gasteiger partial charge in [0.25, 0.3) is 0 Å². The largest absolute Gasteiger partial charge is 0.481 e. The minimum Gasteiger partial charge on any atom is -0.481 e. The number of aliphatic carboxylic acids is 1. The first-order valence-corrected chi connectivity index (χ1v) is 3.54. The van der Waals surface area contributed by atoms with Crippen LogP contribution in [0.15, 0.2) is 0 Å². The predicted molar refractivity (Wildman–Crippen MR) is 34.5 cm³/mol. The summed E-state index contributed by atoms with van der Waals surface area (Å²) in [5.41, 5.74) is 0. The van der Waals surface area contributed by atoms with Gasteiger partial charge in [-0.2, -0.15) is 0 Å². The van der Waals surface area contributed by atoms with Gasteiger partial charge < -0.3 is 5.11 Å². The summed E-state index contributed by atoms with van der Waals surface area (Å²) in [6, 6.07) is 0. The molecule has 0 spiro atoms. The van der Waals surface area contributed by atoms with Crippen LogP contribution in [0, 0.1) is 5.92 Å². The van der Waals surface area contributed by atoms with E-state index in [0.29, 0.717) is 12.8 Å². The van der Waals surface area contributed by atoms with Gasteiger partial charge in [-0.1, -0.05) is 0 Å². The van der Waals surface area contributed by atoms with E-state index in [1.165, 1.54) is 0 Å². The first-order chi connectivity index (χ1) is 4.68. The van der Waals surface area contributed by atoms with Crippen molar-refractivity contribution < 1.29 is 14.3 Å². The first kappa shape index (κ1) is 7.51. The molecule has 10 heavy (non-hydrogen) atoms. The molecule has 0 aliphatic heterocycles. The van der Waals surface area contributed by atoms with Crippen molar-refractivity contribution in [2.45, 2.75) is 31.9 Å². The first-order valence-electron chi connectivity index (χ1n) is 3.54. The molecule has 58 valence electrons. The molecular formula is C7H11FO2. The Morgan fingerprint density at radius 2 is 2.30 bits per heavy atom. The highest BCUT2D eigenvalue weighted by atomic mass is 19.1. The van der Waals surface area contributed by atoms with E-state index < -0.39 is 12.1 Å². The maximum absolute atomic E-state index is 12.4. The van der Waals surface area contributed by atoms with Crippen LogP contribution in [0.2, 0.25) is 0 Å². The van der Waals surface area contributed by atoms with Gasteiger partial charge in [-0.25, -0.2) is 4.39 Å². The molecule has 0 radical (unpaired) electrons. The molecule has 0 amide bonds. The molecule has 2 atom stereocenters. The Labute approximate surface area is 59.0 Å². The lowest BCUT2D eigenvalue weighted by molar-refractivity contribution is -0.138. The molecule has 0 heterocycles. The van der Waals surface area contributed by atoms with Crippen LogP contribution >= 0.6 is 0 Å². The number of hydrogen-bond acceptors (Lipinski definition) is 1. The molecule has 1 N–H and O–H groups in total. The van der Waals surface area contributed by atoms with Crippen molar-refractivity contribution in [3.05, 3.63) is 0 Å². The molecule has 2 nitrogen and oxygen atoms in total. The van der Waals surface area contributed by atoms with E-state index in [1.807, 2.05) is 0 Å². The molecular weight excluding hydrogens is 135 g/mol. The Kier molecular flexibility index (Phi) is 2.25. The van der Waals surface area contributed by atoms with Gasteiger partial charge in [-0.15, -0.1) is 0 Å². The van der Waals surface area contributed by atoms with E-state index in [9.17, 15) is 9.18 Å². The molecule has 0 aromatic carbocycles. The third-order valence-electron chi connectivity index (χ3n) is 1.94. The van der Waals surface area contributed by atoms with Crippen molar-refractivity contribution >= 4 is 5.97 Å². The normalized spacial score (nSPS) is 32.5. The molecule has 3 heteroatoms. The van der Waals surface area contributed by atoms with Gasteiger partial charge >= 0.3 is 5.97 Å². The van der Waals surface area contributed by atoms with Crippen molar-refractivity contribution in [1.29, 1.82) is 0 Å². The molecule has 0 saturated heterocycles. The quantitative estimate of drug-likeness (QED) is 0.642. The lowest BCUT2D eigenvalue weighted by atomic mass is 10.0. The monoisotopic (exact) mass is 146 g/mol. The van der Waals surface area contributed by atoms with Gasteiger partial charge in [-0.05, 0) is 25.2 Å². The average Bonchev–Trinajstić information content (AvgIpc) is 2.13. The highest BCUT2D eigenvalue weighted by molar-refractivity contribution is 5.67. The zero-order valence-electron chi connectivity index (χ0n) is 5.72. The second-order valence-electron chi connectivity index (χ2n) is 2.87. The summed E-state index contributed by atoms with van der Waals surface area (Å²) in [5.74, 6) is -0.716. The van der Waals surface area contributed by atoms with Crippen LogP contribution < -0.4 is 0 Å². The second-order valence-corrected chi connectivity index (χ2v) is 2.87. The van der Waals surface area contributed by atoms with Crippen LogP contribution in [0.5, 0.6) is 0 Å². The van der Waals surface area contributed by atoms with E-state index in [4.69, 9.17) is 5.11 Å². The topological polar surface area (TPSA) is 37.3 Å². The lowest BCUT2D eigenvalue weighted by Crippen LogP contribution is -2.04. The van der Waals surface area contributed by atoms with Gasteiger partial charge in [0.05, 0.1) is 0 Å². The minimum atomic E-state index is -0.806. The van der Waals surface area contributed by atoms with E-state index in [0.717, 1.165) is 6.42 Å². The summed E-state index contributed by atoms with van der Waals surface area (Å²) in [6.07, 6.45) is 1.14. The number of carboxylic acid groups (broad SMARTS) is 1. The Morgan fingerprint density at radius 3 is 2.70 bits per heavy atom. The third-order valence-corrected chi connectivity index (χ3v) is 1.94. The van der Waals surface area contributed by atoms with E-state index in [2.05, 4.69) is 0 Å². The Hall–Kier alpha value is -0.600. The van der Waals surface area contributed by atoms with Crippen LogP contribution in [0.1, 0.15) is 25.7 Å². The number of alkyl halides is 1. The third kappa shape index (κ3) is 1.97. The van der Waals surface area contributed by atoms with Gasteiger partial charge in [0.2, 0.25) is 0 Å². The minimum absolute atomic E-state index is 0.0903. The van der Waals surface area contributed by atoms with Crippen molar-refractivity contribution in [2.75, 3.05) is 0 Å². The zero-order valence-corrected chi connectivity index (χ0v) is 5.72. The fraction of sp³-hybridized carbons (Fsp3) is 0.857. The smallest absolute Gasteiger partial charge is 0.303 e. The predicted octanol–water partition coefficient (Wildman–Crippen LogP) is 1.60. The molecule has 1 saturated carbocycles. The highest BCUT2D eigenvalue weighted by Crippen LogP contribution is 2.29. The van der Waals surface area contributed by atoms with Crippen molar-refractivity contribution in [2.24, 2.45) is 5.92 Å². The molecule has 0 unspecified atom stereocenters. The summed E-state index contributed by atoms with van der Waals surface area (Å²) in [5, 5.41) is 8.34. The standard InChI is InChI=1S/C7H11FO2/c8-6-2-1-5(3-6)4-7(9)10/h5-6H,1-4H2,(H,9,10)/t5-,6-/m1/s1. The number of hydrogen-bond donors (Lipinski definition) is 1. The maximum Gasteiger partial charge on any atom is 0.303 e. The van der Waals surface area contributed by atoms with Crippen molar-refractivity contribution in [3.63, 3.8) is 0 Å². The van der Waals surface area contributed by atoms with E-state index in [-0.39, 0.29) is 12.3 Å². The van der Waals surface area contributed by atoms with Crippen LogP contribution in [0.3, 0.4) is 0 Å². The van der Waals surface area contributed by atoms with Crippen LogP contribution in [-0.4, -0.2) is 17.2 Å².